The fraction of sp³-hybridized carbons (Fsp3) is 0.435. The van der Waals surface area contributed by atoms with Crippen LogP contribution in [0.2, 0.25) is 0 Å². The van der Waals surface area contributed by atoms with Crippen molar-refractivity contribution in [1.82, 2.24) is 9.78 Å². The number of aliphatic carboxylic acids is 1. The molecule has 1 aromatic carbocycles. The maximum absolute atomic E-state index is 10.9. The lowest BCUT2D eigenvalue weighted by Crippen LogP contribution is -2.24. The zero-order valence-corrected chi connectivity index (χ0v) is 19.1. The fourth-order valence-electron chi connectivity index (χ4n) is 3.66. The highest BCUT2D eigenvalue weighted by Crippen LogP contribution is 2.24. The van der Waals surface area contributed by atoms with E-state index in [1.807, 2.05) is 43.7 Å². The van der Waals surface area contributed by atoms with E-state index in [1.165, 1.54) is 0 Å². The summed E-state index contributed by atoms with van der Waals surface area (Å²) in [4.78, 5) is 22.7. The van der Waals surface area contributed by atoms with E-state index in [-0.39, 0.29) is 12.3 Å². The third kappa shape index (κ3) is 5.73. The number of nitrogens with two attached hydrogens (primary N) is 1. The molecule has 3 N–H and O–H groups in total. The number of aliphatic imine (C=N–C) groups is 1. The predicted octanol–water partition coefficient (Wildman–Crippen LogP) is 3.69. The van der Waals surface area contributed by atoms with E-state index < -0.39 is 5.97 Å². The molecule has 0 saturated carbocycles. The molecule has 0 aliphatic carbocycles. The normalized spacial score (nSPS) is 11.5. The third-order valence-electron chi connectivity index (χ3n) is 5.33. The number of hydrogen-bond acceptors (Lipinski definition) is 6. The number of aromatic nitrogens is 2. The number of benzene rings is 1. The molecule has 0 bridgehead atoms. The Balaban J connectivity index is 2.37. The summed E-state index contributed by atoms with van der Waals surface area (Å²) in [6.07, 6.45) is 0.586. The average molecular weight is 428 g/mol. The molecule has 0 spiro atoms. The summed E-state index contributed by atoms with van der Waals surface area (Å²) >= 11 is 0. The third-order valence-corrected chi connectivity index (χ3v) is 5.33. The van der Waals surface area contributed by atoms with Crippen molar-refractivity contribution in [3.05, 3.63) is 52.7 Å². The van der Waals surface area contributed by atoms with Crippen molar-refractivity contribution in [2.75, 3.05) is 18.0 Å². The summed E-state index contributed by atoms with van der Waals surface area (Å²) < 4.78 is 1.89. The van der Waals surface area contributed by atoms with Crippen molar-refractivity contribution in [3.63, 3.8) is 0 Å². The topological polar surface area (TPSA) is 106 Å². The maximum atomic E-state index is 10.9. The Labute approximate surface area is 184 Å². The summed E-state index contributed by atoms with van der Waals surface area (Å²) in [6, 6.07) is 5.83. The van der Waals surface area contributed by atoms with Crippen molar-refractivity contribution in [2.24, 2.45) is 10.9 Å². The van der Waals surface area contributed by atoms with E-state index in [0.717, 1.165) is 41.2 Å². The molecule has 1 heterocycles. The minimum atomic E-state index is -0.808. The molecular weight excluding hydrogens is 394 g/mol. The van der Waals surface area contributed by atoms with Gasteiger partial charge >= 0.3 is 5.97 Å². The van der Waals surface area contributed by atoms with Crippen LogP contribution in [0.15, 0.2) is 29.8 Å². The van der Waals surface area contributed by atoms with E-state index in [2.05, 4.69) is 35.4 Å². The Morgan fingerprint density at radius 1 is 1.23 bits per heavy atom. The highest BCUT2D eigenvalue weighted by Gasteiger charge is 2.17. The second kappa shape index (κ2) is 10.8. The van der Waals surface area contributed by atoms with Gasteiger partial charge in [-0.1, -0.05) is 6.58 Å². The minimum absolute atomic E-state index is 0.0975. The molecular formula is C23H33N5O3. The van der Waals surface area contributed by atoms with Gasteiger partial charge in [-0.05, 0) is 69.9 Å². The molecule has 0 amide bonds. The molecule has 0 unspecified atom stereocenters. The number of anilines is 1. The lowest BCUT2D eigenvalue weighted by atomic mass is 9.95. The molecule has 8 heteroatoms. The minimum Gasteiger partial charge on any atom is -0.481 e. The Kier molecular flexibility index (Phi) is 8.38. The fourth-order valence-corrected chi connectivity index (χ4v) is 3.66. The second-order valence-corrected chi connectivity index (χ2v) is 7.34. The van der Waals surface area contributed by atoms with Crippen molar-refractivity contribution < 1.29 is 14.7 Å². The van der Waals surface area contributed by atoms with Crippen LogP contribution in [0.1, 0.15) is 55.1 Å². The van der Waals surface area contributed by atoms with Crippen molar-refractivity contribution >= 4 is 23.4 Å². The van der Waals surface area contributed by atoms with Gasteiger partial charge in [0, 0.05) is 37.7 Å². The van der Waals surface area contributed by atoms with Crippen LogP contribution in [0.25, 0.3) is 5.70 Å². The van der Waals surface area contributed by atoms with Crippen molar-refractivity contribution in [1.29, 1.82) is 0 Å². The van der Waals surface area contributed by atoms with E-state index in [9.17, 15) is 4.79 Å². The number of hydrogen-bond donors (Lipinski definition) is 2. The van der Waals surface area contributed by atoms with E-state index in [1.54, 1.807) is 0 Å². The van der Waals surface area contributed by atoms with E-state index in [4.69, 9.17) is 15.8 Å². The van der Waals surface area contributed by atoms with Crippen LogP contribution in [-0.4, -0.2) is 39.8 Å². The van der Waals surface area contributed by atoms with Gasteiger partial charge < -0.3 is 14.8 Å². The van der Waals surface area contributed by atoms with E-state index >= 15 is 0 Å². The zero-order chi connectivity index (χ0) is 23.1. The van der Waals surface area contributed by atoms with Crippen LogP contribution < -0.4 is 10.8 Å². The Hall–Kier alpha value is -3.13. The average Bonchev–Trinajstić information content (AvgIpc) is 3.15. The van der Waals surface area contributed by atoms with Crippen LogP contribution in [-0.2, 0) is 22.6 Å². The smallest absolute Gasteiger partial charge is 0.303 e. The molecule has 8 nitrogen and oxygen atoms in total. The first-order valence-electron chi connectivity index (χ1n) is 10.5. The number of rotatable bonds is 10. The predicted molar refractivity (Wildman–Crippen MR) is 124 cm³/mol. The summed E-state index contributed by atoms with van der Waals surface area (Å²) in [5.41, 5.74) is 4.89. The van der Waals surface area contributed by atoms with Crippen molar-refractivity contribution in [3.8, 4) is 0 Å². The molecule has 0 aliphatic heterocycles. The van der Waals surface area contributed by atoms with Crippen LogP contribution in [0.5, 0.6) is 0 Å². The molecule has 0 aliphatic rings. The Bertz CT molecular complexity index is 951. The summed E-state index contributed by atoms with van der Waals surface area (Å²) in [6.45, 7) is 16.6. The SMILES string of the molecule is C=C(N=C(ON)c1cc(N(CC)CC)n(CC)n1)c1cc(C)c(CCC(=O)O)c(C)c1. The second-order valence-electron chi connectivity index (χ2n) is 7.34. The molecule has 0 radical (unpaired) electrons. The van der Waals surface area contributed by atoms with Gasteiger partial charge in [-0.15, -0.1) is 0 Å². The molecule has 2 aromatic rings. The maximum Gasteiger partial charge on any atom is 0.303 e. The summed E-state index contributed by atoms with van der Waals surface area (Å²) in [5.74, 6) is 5.90. The van der Waals surface area contributed by atoms with Crippen molar-refractivity contribution in [2.45, 2.75) is 54.0 Å². The van der Waals surface area contributed by atoms with Gasteiger partial charge in [0.1, 0.15) is 5.82 Å². The molecule has 2 rings (SSSR count). The quantitative estimate of drug-likeness (QED) is 0.340. The Morgan fingerprint density at radius 3 is 2.32 bits per heavy atom. The van der Waals surface area contributed by atoms with E-state index in [0.29, 0.717) is 24.4 Å². The highest BCUT2D eigenvalue weighted by atomic mass is 16.6. The first-order valence-corrected chi connectivity index (χ1v) is 10.5. The van der Waals surface area contributed by atoms with Gasteiger partial charge in [-0.3, -0.25) is 4.79 Å². The van der Waals surface area contributed by atoms with Gasteiger partial charge in [0.25, 0.3) is 5.90 Å². The first-order chi connectivity index (χ1) is 14.7. The van der Waals surface area contributed by atoms with Crippen LogP contribution >= 0.6 is 0 Å². The molecule has 31 heavy (non-hydrogen) atoms. The van der Waals surface area contributed by atoms with Gasteiger partial charge in [-0.25, -0.2) is 9.67 Å². The number of carboxylic acid groups (broad SMARTS) is 1. The zero-order valence-electron chi connectivity index (χ0n) is 19.1. The monoisotopic (exact) mass is 427 g/mol. The summed E-state index contributed by atoms with van der Waals surface area (Å²) in [5, 5.41) is 13.6. The van der Waals surface area contributed by atoms with Gasteiger partial charge in [0.2, 0.25) is 0 Å². The lowest BCUT2D eigenvalue weighted by Gasteiger charge is -2.20. The number of carbonyl (C=O) groups is 1. The highest BCUT2D eigenvalue weighted by molar-refractivity contribution is 5.96. The largest absolute Gasteiger partial charge is 0.481 e. The van der Waals surface area contributed by atoms with Crippen LogP contribution in [0.4, 0.5) is 5.82 Å². The molecule has 0 fully saturated rings. The van der Waals surface area contributed by atoms with Gasteiger partial charge in [0.15, 0.2) is 5.69 Å². The molecule has 0 atom stereocenters. The van der Waals surface area contributed by atoms with Crippen LogP contribution in [0.3, 0.4) is 0 Å². The molecule has 1 aromatic heterocycles. The number of nitrogens with zero attached hydrogens (tertiary/aromatic N) is 4. The number of carboxylic acids is 1. The van der Waals surface area contributed by atoms with Gasteiger partial charge in [-0.2, -0.15) is 11.0 Å². The summed E-state index contributed by atoms with van der Waals surface area (Å²) in [7, 11) is 0. The Morgan fingerprint density at radius 2 is 1.84 bits per heavy atom. The molecule has 0 saturated heterocycles. The lowest BCUT2D eigenvalue weighted by molar-refractivity contribution is -0.136. The van der Waals surface area contributed by atoms with Gasteiger partial charge in [0.05, 0.1) is 5.70 Å². The number of aryl methyl sites for hydroxylation is 3. The standard InChI is InChI=1S/C23H33N5O3/c1-7-27(8-2)21-14-20(26-28(21)9-3)23(31-24)25-17(6)18-12-15(4)19(16(5)13-18)10-11-22(29)30/h12-14H,6-11,24H2,1-5H3,(H,29,30). The first kappa shape index (κ1) is 24.1. The molecule has 168 valence electrons. The van der Waals surface area contributed by atoms with Crippen LogP contribution in [0, 0.1) is 13.8 Å².